The number of halogens is 2. The molecule has 2 aromatic rings. The minimum absolute atomic E-state index is 0.0111. The highest BCUT2D eigenvalue weighted by molar-refractivity contribution is 7.83. The van der Waals surface area contributed by atoms with Crippen LogP contribution in [0.2, 0.25) is 5.02 Å². The van der Waals surface area contributed by atoms with Crippen molar-refractivity contribution in [1.29, 1.82) is 0 Å². The second-order valence-electron chi connectivity index (χ2n) is 4.43. The molecule has 0 aliphatic heterocycles. The highest BCUT2D eigenvalue weighted by Crippen LogP contribution is 2.21. The Labute approximate surface area is 128 Å². The Bertz CT molecular complexity index is 683. The van der Waals surface area contributed by atoms with Crippen LogP contribution in [0.5, 0.6) is 0 Å². The van der Waals surface area contributed by atoms with Crippen molar-refractivity contribution < 1.29 is 18.5 Å². The molecule has 0 amide bonds. The Morgan fingerprint density at radius 1 is 1.19 bits per heavy atom. The molecule has 3 nitrogen and oxygen atoms in total. The molecular weight excluding hydrogens is 315 g/mol. The molecule has 0 heterocycles. The first-order chi connectivity index (χ1) is 9.97. The third-order valence-electron chi connectivity index (χ3n) is 2.87. The zero-order valence-electron chi connectivity index (χ0n) is 10.9. The van der Waals surface area contributed by atoms with E-state index in [0.29, 0.717) is 5.56 Å². The van der Waals surface area contributed by atoms with Crippen LogP contribution in [0, 0.1) is 5.82 Å². The number of carbonyl (C=O) groups is 1. The fourth-order valence-corrected chi connectivity index (χ4v) is 3.44. The molecule has 0 bridgehead atoms. The van der Waals surface area contributed by atoms with E-state index in [1.165, 1.54) is 24.3 Å². The Morgan fingerprint density at radius 2 is 1.90 bits per heavy atom. The summed E-state index contributed by atoms with van der Waals surface area (Å²) in [5, 5.41) is 9.15. The van der Waals surface area contributed by atoms with Gasteiger partial charge in [-0.2, -0.15) is 0 Å². The quantitative estimate of drug-likeness (QED) is 0.913. The van der Waals surface area contributed by atoms with Crippen molar-refractivity contribution in [3.8, 4) is 0 Å². The van der Waals surface area contributed by atoms with Gasteiger partial charge in [-0.3, -0.25) is 4.21 Å². The maximum Gasteiger partial charge on any atom is 0.335 e. The van der Waals surface area contributed by atoms with E-state index < -0.39 is 22.6 Å². The van der Waals surface area contributed by atoms with Gasteiger partial charge in [0.1, 0.15) is 5.82 Å². The predicted molar refractivity (Wildman–Crippen MR) is 80.4 cm³/mol. The first kappa shape index (κ1) is 15.7. The average molecular weight is 327 g/mol. The van der Waals surface area contributed by atoms with E-state index >= 15 is 0 Å². The summed E-state index contributed by atoms with van der Waals surface area (Å²) in [6.07, 6.45) is 0. The van der Waals surface area contributed by atoms with Crippen LogP contribution in [0.4, 0.5) is 4.39 Å². The lowest BCUT2D eigenvalue weighted by atomic mass is 10.1. The average Bonchev–Trinajstić information content (AvgIpc) is 2.43. The Hall–Kier alpha value is -1.72. The van der Waals surface area contributed by atoms with E-state index in [-0.39, 0.29) is 27.7 Å². The van der Waals surface area contributed by atoms with Crippen LogP contribution >= 0.6 is 11.6 Å². The smallest absolute Gasteiger partial charge is 0.335 e. The van der Waals surface area contributed by atoms with Crippen molar-refractivity contribution in [3.05, 3.63) is 70.0 Å². The van der Waals surface area contributed by atoms with Crippen LogP contribution < -0.4 is 0 Å². The molecule has 0 radical (unpaired) electrons. The lowest BCUT2D eigenvalue weighted by Gasteiger charge is -2.07. The summed E-state index contributed by atoms with van der Waals surface area (Å²) >= 11 is 5.89. The molecule has 0 spiro atoms. The first-order valence-electron chi connectivity index (χ1n) is 6.07. The van der Waals surface area contributed by atoms with Crippen molar-refractivity contribution >= 4 is 28.4 Å². The molecular formula is C15H12ClFO3S. The van der Waals surface area contributed by atoms with E-state index in [1.54, 1.807) is 18.2 Å². The van der Waals surface area contributed by atoms with Gasteiger partial charge < -0.3 is 5.11 Å². The van der Waals surface area contributed by atoms with Crippen LogP contribution in [-0.4, -0.2) is 15.3 Å². The summed E-state index contributed by atoms with van der Waals surface area (Å²) in [7, 11) is -1.38. The van der Waals surface area contributed by atoms with Gasteiger partial charge in [0.25, 0.3) is 0 Å². The summed E-state index contributed by atoms with van der Waals surface area (Å²) in [6, 6.07) is 10.5. The van der Waals surface area contributed by atoms with Crippen molar-refractivity contribution in [1.82, 2.24) is 0 Å². The topological polar surface area (TPSA) is 54.4 Å². The molecule has 0 aliphatic rings. The van der Waals surface area contributed by atoms with Gasteiger partial charge in [-0.15, -0.1) is 0 Å². The van der Waals surface area contributed by atoms with Gasteiger partial charge in [0, 0.05) is 27.1 Å². The van der Waals surface area contributed by atoms with Gasteiger partial charge in [0.05, 0.1) is 11.3 Å². The number of carboxylic acid groups (broad SMARTS) is 1. The predicted octanol–water partition coefficient (Wildman–Crippen LogP) is 3.63. The largest absolute Gasteiger partial charge is 0.478 e. The number of carboxylic acids is 1. The summed E-state index contributed by atoms with van der Waals surface area (Å²) < 4.78 is 25.7. The number of hydrogen-bond donors (Lipinski definition) is 1. The van der Waals surface area contributed by atoms with Crippen molar-refractivity contribution in [3.63, 3.8) is 0 Å². The minimum atomic E-state index is -1.38. The van der Waals surface area contributed by atoms with E-state index in [0.717, 1.165) is 0 Å². The lowest BCUT2D eigenvalue weighted by Crippen LogP contribution is -2.04. The zero-order chi connectivity index (χ0) is 15.4. The number of rotatable bonds is 5. The van der Waals surface area contributed by atoms with Gasteiger partial charge in [0.15, 0.2) is 0 Å². The molecule has 0 fully saturated rings. The third kappa shape index (κ3) is 4.12. The number of aromatic carboxylic acids is 1. The summed E-state index contributed by atoms with van der Waals surface area (Å²) in [4.78, 5) is 10.9. The van der Waals surface area contributed by atoms with Crippen molar-refractivity contribution in [2.75, 3.05) is 0 Å². The molecule has 0 saturated carbocycles. The molecule has 2 aromatic carbocycles. The second kappa shape index (κ2) is 6.83. The van der Waals surface area contributed by atoms with Gasteiger partial charge in [-0.1, -0.05) is 29.8 Å². The standard InChI is InChI=1S/C15H12ClFO3S/c16-13-5-2-6-14(17)12(13)9-21(20)8-10-3-1-4-11(7-10)15(18)19/h1-7H,8-9H2,(H,18,19). The molecule has 1 N–H and O–H groups in total. The summed E-state index contributed by atoms with van der Waals surface area (Å²) in [6.45, 7) is 0. The molecule has 0 aromatic heterocycles. The Balaban J connectivity index is 2.12. The fraction of sp³-hybridized carbons (Fsp3) is 0.133. The first-order valence-corrected chi connectivity index (χ1v) is 7.94. The number of hydrogen-bond acceptors (Lipinski definition) is 2. The fourth-order valence-electron chi connectivity index (χ4n) is 1.86. The second-order valence-corrected chi connectivity index (χ2v) is 6.30. The van der Waals surface area contributed by atoms with E-state index in [4.69, 9.17) is 16.7 Å². The molecule has 110 valence electrons. The van der Waals surface area contributed by atoms with Crippen LogP contribution in [0.25, 0.3) is 0 Å². The summed E-state index contributed by atoms with van der Waals surface area (Å²) in [5.74, 6) is -1.40. The minimum Gasteiger partial charge on any atom is -0.478 e. The summed E-state index contributed by atoms with van der Waals surface area (Å²) in [5.41, 5.74) is 0.973. The normalized spacial score (nSPS) is 12.1. The lowest BCUT2D eigenvalue weighted by molar-refractivity contribution is 0.0696. The van der Waals surface area contributed by atoms with Crippen molar-refractivity contribution in [2.24, 2.45) is 0 Å². The molecule has 1 atom stereocenters. The molecule has 0 aliphatic carbocycles. The SMILES string of the molecule is O=C(O)c1cccc(CS(=O)Cc2c(F)cccc2Cl)c1. The molecule has 1 unspecified atom stereocenters. The highest BCUT2D eigenvalue weighted by Gasteiger charge is 2.12. The molecule has 2 rings (SSSR count). The van der Waals surface area contributed by atoms with Gasteiger partial charge in [0.2, 0.25) is 0 Å². The van der Waals surface area contributed by atoms with Crippen LogP contribution in [0.1, 0.15) is 21.5 Å². The van der Waals surface area contributed by atoms with Crippen LogP contribution in [0.15, 0.2) is 42.5 Å². The van der Waals surface area contributed by atoms with Gasteiger partial charge >= 0.3 is 5.97 Å². The van der Waals surface area contributed by atoms with Gasteiger partial charge in [-0.25, -0.2) is 9.18 Å². The maximum absolute atomic E-state index is 13.6. The monoisotopic (exact) mass is 326 g/mol. The van der Waals surface area contributed by atoms with Crippen LogP contribution in [0.3, 0.4) is 0 Å². The Kier molecular flexibility index (Phi) is 5.09. The van der Waals surface area contributed by atoms with E-state index in [1.807, 2.05) is 0 Å². The maximum atomic E-state index is 13.6. The molecule has 0 saturated heterocycles. The molecule has 6 heteroatoms. The van der Waals surface area contributed by atoms with Crippen molar-refractivity contribution in [2.45, 2.75) is 11.5 Å². The molecule has 21 heavy (non-hydrogen) atoms. The highest BCUT2D eigenvalue weighted by atomic mass is 35.5. The Morgan fingerprint density at radius 3 is 2.57 bits per heavy atom. The third-order valence-corrected chi connectivity index (χ3v) is 4.49. The van der Waals surface area contributed by atoms with E-state index in [2.05, 4.69) is 0 Å². The zero-order valence-corrected chi connectivity index (χ0v) is 12.5. The van der Waals surface area contributed by atoms with E-state index in [9.17, 15) is 13.4 Å². The van der Waals surface area contributed by atoms with Crippen LogP contribution in [-0.2, 0) is 22.3 Å². The van der Waals surface area contributed by atoms with Gasteiger partial charge in [-0.05, 0) is 29.8 Å². The number of benzene rings is 2.